The van der Waals surface area contributed by atoms with E-state index in [1.54, 1.807) is 0 Å². The van der Waals surface area contributed by atoms with Crippen LogP contribution in [-0.4, -0.2) is 21.5 Å². The predicted molar refractivity (Wildman–Crippen MR) is 86.9 cm³/mol. The van der Waals surface area contributed by atoms with Gasteiger partial charge in [0.2, 0.25) is 0 Å². The minimum atomic E-state index is 0.916. The average Bonchev–Trinajstić information content (AvgIpc) is 2.95. The summed E-state index contributed by atoms with van der Waals surface area (Å²) in [6.07, 6.45) is 3.71. The van der Waals surface area contributed by atoms with E-state index in [0.717, 1.165) is 29.0 Å². The summed E-state index contributed by atoms with van der Waals surface area (Å²) < 4.78 is 1.87. The molecule has 1 heterocycles. The number of nitrogens with zero attached hydrogens (tertiary/aromatic N) is 3. The minimum Gasteiger partial charge on any atom is -0.385 e. The number of unbranched alkanes of at least 4 members (excludes halogenated alkanes) is 2. The Morgan fingerprint density at radius 1 is 1.05 bits per heavy atom. The Hall–Kier alpha value is -2.36. The molecule has 0 aliphatic rings. The third-order valence-electron chi connectivity index (χ3n) is 3.56. The molecule has 3 aromatic rings. The van der Waals surface area contributed by atoms with Gasteiger partial charge in [0, 0.05) is 12.2 Å². The fraction of sp³-hybridized carbons (Fsp3) is 0.294. The van der Waals surface area contributed by atoms with Crippen LogP contribution < -0.4 is 5.32 Å². The molecule has 0 fully saturated rings. The summed E-state index contributed by atoms with van der Waals surface area (Å²) in [6, 6.07) is 16.3. The van der Waals surface area contributed by atoms with Crippen molar-refractivity contribution in [2.45, 2.75) is 26.2 Å². The molecular weight excluding hydrogens is 260 g/mol. The Kier molecular flexibility index (Phi) is 4.15. The number of hydrogen-bond donors (Lipinski definition) is 1. The molecule has 3 rings (SSSR count). The third kappa shape index (κ3) is 3.05. The molecule has 0 aliphatic carbocycles. The van der Waals surface area contributed by atoms with Gasteiger partial charge in [-0.2, -0.15) is 0 Å². The van der Waals surface area contributed by atoms with Crippen molar-refractivity contribution < 1.29 is 0 Å². The molecule has 0 bridgehead atoms. The Labute approximate surface area is 124 Å². The molecule has 0 spiro atoms. The van der Waals surface area contributed by atoms with Crippen molar-refractivity contribution in [3.8, 4) is 5.69 Å². The number of benzene rings is 2. The lowest BCUT2D eigenvalue weighted by atomic mass is 10.2. The van der Waals surface area contributed by atoms with Crippen molar-refractivity contribution in [3.05, 3.63) is 48.5 Å². The van der Waals surface area contributed by atoms with E-state index < -0.39 is 0 Å². The second kappa shape index (κ2) is 6.39. The molecule has 0 aliphatic heterocycles. The largest absolute Gasteiger partial charge is 0.385 e. The number of aromatic nitrogens is 3. The van der Waals surface area contributed by atoms with Crippen LogP contribution in [0.2, 0.25) is 0 Å². The first kappa shape index (κ1) is 13.6. The summed E-state index contributed by atoms with van der Waals surface area (Å²) in [5.41, 5.74) is 4.09. The quantitative estimate of drug-likeness (QED) is 0.693. The third-order valence-corrected chi connectivity index (χ3v) is 3.56. The molecule has 1 aromatic heterocycles. The van der Waals surface area contributed by atoms with Gasteiger partial charge < -0.3 is 5.32 Å². The summed E-state index contributed by atoms with van der Waals surface area (Å²) in [6.45, 7) is 3.22. The van der Waals surface area contributed by atoms with Crippen LogP contribution in [0.3, 0.4) is 0 Å². The lowest BCUT2D eigenvalue weighted by Crippen LogP contribution is -2.01. The van der Waals surface area contributed by atoms with Gasteiger partial charge in [0.1, 0.15) is 5.52 Å². The van der Waals surface area contributed by atoms with Crippen LogP contribution in [0.4, 0.5) is 5.69 Å². The number of rotatable bonds is 6. The smallest absolute Gasteiger partial charge is 0.115 e. The minimum absolute atomic E-state index is 0.916. The van der Waals surface area contributed by atoms with Crippen molar-refractivity contribution >= 4 is 16.7 Å². The van der Waals surface area contributed by atoms with Gasteiger partial charge in [0.15, 0.2) is 0 Å². The van der Waals surface area contributed by atoms with Crippen LogP contribution >= 0.6 is 0 Å². The molecule has 0 saturated heterocycles. The molecule has 0 radical (unpaired) electrons. The summed E-state index contributed by atoms with van der Waals surface area (Å²) in [5, 5.41) is 12.0. The maximum absolute atomic E-state index is 4.27. The normalized spacial score (nSPS) is 10.9. The number of para-hydroxylation sites is 1. The molecule has 0 unspecified atom stereocenters. The van der Waals surface area contributed by atoms with E-state index in [1.807, 2.05) is 35.0 Å². The molecule has 1 N–H and O–H groups in total. The molecule has 4 heteroatoms. The van der Waals surface area contributed by atoms with Crippen LogP contribution in [-0.2, 0) is 0 Å². The lowest BCUT2D eigenvalue weighted by Gasteiger charge is -2.06. The predicted octanol–water partition coefficient (Wildman–Crippen LogP) is 4.02. The van der Waals surface area contributed by atoms with E-state index >= 15 is 0 Å². The lowest BCUT2D eigenvalue weighted by molar-refractivity contribution is 0.744. The van der Waals surface area contributed by atoms with Gasteiger partial charge in [-0.1, -0.05) is 43.2 Å². The molecule has 0 amide bonds. The topological polar surface area (TPSA) is 42.7 Å². The van der Waals surface area contributed by atoms with Crippen molar-refractivity contribution in [1.82, 2.24) is 15.0 Å². The van der Waals surface area contributed by atoms with Crippen LogP contribution in [0.25, 0.3) is 16.7 Å². The standard InChI is InChI=1S/C17H20N4/c1-2-3-7-12-18-14-10-11-17-16(13-14)19-20-21(17)15-8-5-4-6-9-15/h4-6,8-11,13,18H,2-3,7,12H2,1H3. The fourth-order valence-electron chi connectivity index (χ4n) is 2.40. The number of anilines is 1. The molecular formula is C17H20N4. The first-order chi connectivity index (χ1) is 10.4. The summed E-state index contributed by atoms with van der Waals surface area (Å²) >= 11 is 0. The van der Waals surface area contributed by atoms with E-state index in [0.29, 0.717) is 0 Å². The summed E-state index contributed by atoms with van der Waals surface area (Å²) in [7, 11) is 0. The van der Waals surface area contributed by atoms with Gasteiger partial charge in [-0.15, -0.1) is 5.10 Å². The monoisotopic (exact) mass is 280 g/mol. The first-order valence-electron chi connectivity index (χ1n) is 7.53. The Balaban J connectivity index is 1.81. The van der Waals surface area contributed by atoms with Crippen molar-refractivity contribution in [1.29, 1.82) is 0 Å². The molecule has 4 nitrogen and oxygen atoms in total. The Bertz CT molecular complexity index is 703. The summed E-state index contributed by atoms with van der Waals surface area (Å²) in [4.78, 5) is 0. The SMILES string of the molecule is CCCCCNc1ccc2c(c1)nnn2-c1ccccc1. The molecule has 21 heavy (non-hydrogen) atoms. The number of fused-ring (bicyclic) bond motifs is 1. The van der Waals surface area contributed by atoms with Gasteiger partial charge >= 0.3 is 0 Å². The number of hydrogen-bond acceptors (Lipinski definition) is 3. The second-order valence-electron chi connectivity index (χ2n) is 5.17. The fourth-order valence-corrected chi connectivity index (χ4v) is 2.40. The van der Waals surface area contributed by atoms with Gasteiger partial charge in [-0.05, 0) is 36.8 Å². The molecule has 0 saturated carbocycles. The molecule has 0 atom stereocenters. The highest BCUT2D eigenvalue weighted by atomic mass is 15.4. The van der Waals surface area contributed by atoms with Crippen LogP contribution in [0.15, 0.2) is 48.5 Å². The molecule has 2 aromatic carbocycles. The Morgan fingerprint density at radius 2 is 1.90 bits per heavy atom. The van der Waals surface area contributed by atoms with E-state index in [-0.39, 0.29) is 0 Å². The highest BCUT2D eigenvalue weighted by Gasteiger charge is 2.06. The van der Waals surface area contributed by atoms with E-state index in [4.69, 9.17) is 0 Å². The zero-order valence-electron chi connectivity index (χ0n) is 12.3. The number of nitrogens with one attached hydrogen (secondary N) is 1. The molecule has 108 valence electrons. The first-order valence-corrected chi connectivity index (χ1v) is 7.53. The zero-order chi connectivity index (χ0) is 14.5. The van der Waals surface area contributed by atoms with Gasteiger partial charge in [0.25, 0.3) is 0 Å². The zero-order valence-corrected chi connectivity index (χ0v) is 12.3. The summed E-state index contributed by atoms with van der Waals surface area (Å²) in [5.74, 6) is 0. The maximum Gasteiger partial charge on any atom is 0.115 e. The van der Waals surface area contributed by atoms with Gasteiger partial charge in [-0.25, -0.2) is 4.68 Å². The van der Waals surface area contributed by atoms with Crippen LogP contribution in [0.5, 0.6) is 0 Å². The van der Waals surface area contributed by atoms with Crippen LogP contribution in [0, 0.1) is 0 Å². The second-order valence-corrected chi connectivity index (χ2v) is 5.17. The van der Waals surface area contributed by atoms with Gasteiger partial charge in [-0.3, -0.25) is 0 Å². The highest BCUT2D eigenvalue weighted by molar-refractivity contribution is 5.80. The van der Waals surface area contributed by atoms with Crippen molar-refractivity contribution in [3.63, 3.8) is 0 Å². The van der Waals surface area contributed by atoms with Crippen molar-refractivity contribution in [2.75, 3.05) is 11.9 Å². The van der Waals surface area contributed by atoms with E-state index in [1.165, 1.54) is 19.3 Å². The average molecular weight is 280 g/mol. The van der Waals surface area contributed by atoms with Crippen molar-refractivity contribution in [2.24, 2.45) is 0 Å². The van der Waals surface area contributed by atoms with Crippen LogP contribution in [0.1, 0.15) is 26.2 Å². The highest BCUT2D eigenvalue weighted by Crippen LogP contribution is 2.20. The van der Waals surface area contributed by atoms with E-state index in [9.17, 15) is 0 Å². The maximum atomic E-state index is 4.27. The van der Waals surface area contributed by atoms with E-state index in [2.05, 4.69) is 40.8 Å². The van der Waals surface area contributed by atoms with Gasteiger partial charge in [0.05, 0.1) is 11.2 Å². The Morgan fingerprint density at radius 3 is 2.71 bits per heavy atom.